The number of methoxy groups -OCH3 is 1. The van der Waals surface area contributed by atoms with Crippen molar-refractivity contribution in [1.82, 2.24) is 14.9 Å². The molecule has 0 spiro atoms. The molecule has 1 fully saturated rings. The normalized spacial score (nSPS) is 18.6. The van der Waals surface area contributed by atoms with Crippen LogP contribution in [0.15, 0.2) is 24.3 Å². The maximum Gasteiger partial charge on any atom is 0.169 e. The highest BCUT2D eigenvalue weighted by molar-refractivity contribution is 5.31. The van der Waals surface area contributed by atoms with E-state index in [1.807, 2.05) is 26.0 Å². The fourth-order valence-corrected chi connectivity index (χ4v) is 3.01. The molecule has 0 saturated carbocycles. The SMILES string of the molecule is COc1cccc(CN2CCO[C@H](c3cc(C)nc(C)n3)C2)c1F. The molecule has 1 aliphatic rings. The van der Waals surface area contributed by atoms with Crippen LogP contribution >= 0.6 is 0 Å². The van der Waals surface area contributed by atoms with E-state index in [-0.39, 0.29) is 17.7 Å². The highest BCUT2D eigenvalue weighted by atomic mass is 19.1. The molecule has 0 radical (unpaired) electrons. The third-order valence-electron chi connectivity index (χ3n) is 4.12. The molecule has 5 nitrogen and oxygen atoms in total. The van der Waals surface area contributed by atoms with Gasteiger partial charge in [0.15, 0.2) is 11.6 Å². The van der Waals surface area contributed by atoms with E-state index in [9.17, 15) is 4.39 Å². The lowest BCUT2D eigenvalue weighted by Crippen LogP contribution is -2.38. The Bertz CT molecular complexity index is 703. The van der Waals surface area contributed by atoms with Crippen LogP contribution in [-0.2, 0) is 11.3 Å². The third-order valence-corrected chi connectivity index (χ3v) is 4.12. The summed E-state index contributed by atoms with van der Waals surface area (Å²) in [5.41, 5.74) is 2.44. The van der Waals surface area contributed by atoms with E-state index in [1.165, 1.54) is 7.11 Å². The second-order valence-corrected chi connectivity index (χ2v) is 6.01. The zero-order valence-electron chi connectivity index (χ0n) is 14.3. The lowest BCUT2D eigenvalue weighted by atomic mass is 10.1. The van der Waals surface area contributed by atoms with E-state index in [4.69, 9.17) is 9.47 Å². The highest BCUT2D eigenvalue weighted by Crippen LogP contribution is 2.25. The molecule has 0 N–H and O–H groups in total. The molecule has 1 saturated heterocycles. The smallest absolute Gasteiger partial charge is 0.169 e. The maximum absolute atomic E-state index is 14.4. The van der Waals surface area contributed by atoms with E-state index in [0.29, 0.717) is 25.3 Å². The van der Waals surface area contributed by atoms with Gasteiger partial charge in [-0.2, -0.15) is 0 Å². The molecule has 6 heteroatoms. The van der Waals surface area contributed by atoms with Crippen molar-refractivity contribution in [3.05, 3.63) is 52.9 Å². The minimum Gasteiger partial charge on any atom is -0.494 e. The summed E-state index contributed by atoms with van der Waals surface area (Å²) in [6.45, 7) is 6.38. The van der Waals surface area contributed by atoms with Crippen LogP contribution in [-0.4, -0.2) is 41.7 Å². The van der Waals surface area contributed by atoms with Crippen molar-refractivity contribution in [2.24, 2.45) is 0 Å². The number of ether oxygens (including phenoxy) is 2. The van der Waals surface area contributed by atoms with Crippen LogP contribution in [0.4, 0.5) is 4.39 Å². The van der Waals surface area contributed by atoms with Gasteiger partial charge in [-0.1, -0.05) is 12.1 Å². The monoisotopic (exact) mass is 331 g/mol. The zero-order chi connectivity index (χ0) is 17.1. The van der Waals surface area contributed by atoms with Gasteiger partial charge in [0.2, 0.25) is 0 Å². The summed E-state index contributed by atoms with van der Waals surface area (Å²) >= 11 is 0. The van der Waals surface area contributed by atoms with Crippen LogP contribution in [0.25, 0.3) is 0 Å². The Hall–Kier alpha value is -2.05. The number of benzene rings is 1. The Balaban J connectivity index is 1.74. The predicted octanol–water partition coefficient (Wildman–Crippen LogP) is 2.81. The molecule has 1 aliphatic heterocycles. The van der Waals surface area contributed by atoms with Crippen molar-refractivity contribution in [3.8, 4) is 5.75 Å². The molecule has 3 rings (SSSR count). The number of aryl methyl sites for hydroxylation is 2. The van der Waals surface area contributed by atoms with Crippen molar-refractivity contribution in [1.29, 1.82) is 0 Å². The van der Waals surface area contributed by atoms with Gasteiger partial charge in [0.1, 0.15) is 11.9 Å². The summed E-state index contributed by atoms with van der Waals surface area (Å²) in [6, 6.07) is 7.19. The van der Waals surface area contributed by atoms with Crippen LogP contribution in [0.2, 0.25) is 0 Å². The topological polar surface area (TPSA) is 47.5 Å². The molecule has 1 aromatic heterocycles. The Labute approximate surface area is 141 Å². The second kappa shape index (κ2) is 7.23. The standard InChI is InChI=1S/C18H22FN3O2/c1-12-9-15(21-13(2)20-12)17-11-22(7-8-24-17)10-14-5-4-6-16(23-3)18(14)19/h4-6,9,17H,7-8,10-11H2,1-3H3/t17-/m0/s1. The summed E-state index contributed by atoms with van der Waals surface area (Å²) in [5.74, 6) is 0.723. The zero-order valence-corrected chi connectivity index (χ0v) is 14.3. The second-order valence-electron chi connectivity index (χ2n) is 6.01. The summed E-state index contributed by atoms with van der Waals surface area (Å²) < 4.78 is 25.3. The molecule has 1 atom stereocenters. The van der Waals surface area contributed by atoms with Gasteiger partial charge in [-0.3, -0.25) is 4.90 Å². The van der Waals surface area contributed by atoms with Gasteiger partial charge in [0.25, 0.3) is 0 Å². The van der Waals surface area contributed by atoms with Crippen molar-refractivity contribution in [2.75, 3.05) is 26.8 Å². The Kier molecular flexibility index (Phi) is 5.06. The first-order valence-corrected chi connectivity index (χ1v) is 8.04. The van der Waals surface area contributed by atoms with Crippen LogP contribution in [0, 0.1) is 19.7 Å². The van der Waals surface area contributed by atoms with E-state index < -0.39 is 0 Å². The first-order chi connectivity index (χ1) is 11.6. The van der Waals surface area contributed by atoms with Crippen molar-refractivity contribution >= 4 is 0 Å². The van der Waals surface area contributed by atoms with Gasteiger partial charge in [-0.25, -0.2) is 14.4 Å². The summed E-state index contributed by atoms with van der Waals surface area (Å²) in [7, 11) is 1.48. The van der Waals surface area contributed by atoms with Crippen LogP contribution < -0.4 is 4.74 Å². The molecule has 2 aromatic rings. The minimum atomic E-state index is -0.295. The Morgan fingerprint density at radius 2 is 2.17 bits per heavy atom. The summed E-state index contributed by atoms with van der Waals surface area (Å²) in [4.78, 5) is 11.0. The van der Waals surface area contributed by atoms with Gasteiger partial charge in [-0.05, 0) is 26.0 Å². The Morgan fingerprint density at radius 1 is 1.33 bits per heavy atom. The molecule has 0 bridgehead atoms. The number of morpholine rings is 1. The summed E-state index contributed by atoms with van der Waals surface area (Å²) in [6.07, 6.45) is -0.118. The maximum atomic E-state index is 14.4. The van der Waals surface area contributed by atoms with Crippen LogP contribution in [0.1, 0.15) is 28.9 Å². The number of halogens is 1. The molecule has 0 aliphatic carbocycles. The number of hydrogen-bond donors (Lipinski definition) is 0. The van der Waals surface area contributed by atoms with Gasteiger partial charge in [0, 0.05) is 30.9 Å². The molecule has 128 valence electrons. The average molecular weight is 331 g/mol. The van der Waals surface area contributed by atoms with E-state index in [1.54, 1.807) is 12.1 Å². The van der Waals surface area contributed by atoms with Crippen molar-refractivity contribution in [2.45, 2.75) is 26.5 Å². The predicted molar refractivity (Wildman–Crippen MR) is 88.4 cm³/mol. The van der Waals surface area contributed by atoms with Gasteiger partial charge in [0.05, 0.1) is 19.4 Å². The third kappa shape index (κ3) is 3.71. The fourth-order valence-electron chi connectivity index (χ4n) is 3.01. The Morgan fingerprint density at radius 3 is 2.92 bits per heavy atom. The number of hydrogen-bond acceptors (Lipinski definition) is 5. The van der Waals surface area contributed by atoms with Crippen LogP contribution in [0.3, 0.4) is 0 Å². The molecular formula is C18H22FN3O2. The molecular weight excluding hydrogens is 309 g/mol. The van der Waals surface area contributed by atoms with Crippen molar-refractivity contribution < 1.29 is 13.9 Å². The average Bonchev–Trinajstić information content (AvgIpc) is 2.56. The van der Waals surface area contributed by atoms with Gasteiger partial charge in [-0.15, -0.1) is 0 Å². The molecule has 24 heavy (non-hydrogen) atoms. The van der Waals surface area contributed by atoms with E-state index >= 15 is 0 Å². The molecule has 2 heterocycles. The van der Waals surface area contributed by atoms with Gasteiger partial charge >= 0.3 is 0 Å². The van der Waals surface area contributed by atoms with Crippen LogP contribution in [0.5, 0.6) is 5.75 Å². The first kappa shape index (κ1) is 16.8. The largest absolute Gasteiger partial charge is 0.494 e. The molecule has 1 aromatic carbocycles. The summed E-state index contributed by atoms with van der Waals surface area (Å²) in [5, 5.41) is 0. The highest BCUT2D eigenvalue weighted by Gasteiger charge is 2.24. The first-order valence-electron chi connectivity index (χ1n) is 8.04. The number of rotatable bonds is 4. The number of nitrogens with zero attached hydrogens (tertiary/aromatic N) is 3. The van der Waals surface area contributed by atoms with Crippen molar-refractivity contribution in [3.63, 3.8) is 0 Å². The number of aromatic nitrogens is 2. The molecule has 0 unspecified atom stereocenters. The van der Waals surface area contributed by atoms with E-state index in [2.05, 4.69) is 14.9 Å². The van der Waals surface area contributed by atoms with Gasteiger partial charge < -0.3 is 9.47 Å². The molecule has 0 amide bonds. The minimum absolute atomic E-state index is 0.118. The van der Waals surface area contributed by atoms with E-state index in [0.717, 1.165) is 23.8 Å². The lowest BCUT2D eigenvalue weighted by molar-refractivity contribution is -0.0354. The fraction of sp³-hybridized carbons (Fsp3) is 0.444. The lowest BCUT2D eigenvalue weighted by Gasteiger charge is -2.32. The quantitative estimate of drug-likeness (QED) is 0.862.